The molecule has 2 aromatic heterocycles. The summed E-state index contributed by atoms with van der Waals surface area (Å²) in [5.41, 5.74) is 2.28. The number of anilines is 1. The Morgan fingerprint density at radius 1 is 1.35 bits per heavy atom. The summed E-state index contributed by atoms with van der Waals surface area (Å²) in [5, 5.41) is 6.97. The van der Waals surface area contributed by atoms with Crippen LogP contribution >= 0.6 is 0 Å². The lowest BCUT2D eigenvalue weighted by Gasteiger charge is -2.33. The molecule has 1 aliphatic carbocycles. The Hall–Kier alpha value is -2.37. The zero-order chi connectivity index (χ0) is 18.5. The molecule has 2 aromatic rings. The third-order valence-corrected chi connectivity index (χ3v) is 5.26. The average Bonchev–Trinajstić information content (AvgIpc) is 3.07. The summed E-state index contributed by atoms with van der Waals surface area (Å²) in [7, 11) is 2.11. The molecular weight excluding hydrogens is 328 g/mol. The molecule has 6 nitrogen and oxygen atoms in total. The van der Waals surface area contributed by atoms with E-state index in [2.05, 4.69) is 27.4 Å². The van der Waals surface area contributed by atoms with Gasteiger partial charge in [0, 0.05) is 31.4 Å². The van der Waals surface area contributed by atoms with Gasteiger partial charge >= 0.3 is 0 Å². The first-order chi connectivity index (χ1) is 12.6. The van der Waals surface area contributed by atoms with Crippen LogP contribution in [0.2, 0.25) is 0 Å². The zero-order valence-corrected chi connectivity index (χ0v) is 15.9. The molecule has 0 atom stereocenters. The van der Waals surface area contributed by atoms with Crippen LogP contribution in [-0.2, 0) is 13.0 Å². The maximum atomic E-state index is 12.6. The fraction of sp³-hybridized carbons (Fsp3) is 0.550. The summed E-state index contributed by atoms with van der Waals surface area (Å²) in [4.78, 5) is 19.5. The molecule has 1 amide bonds. The van der Waals surface area contributed by atoms with Crippen molar-refractivity contribution in [3.63, 3.8) is 0 Å². The molecule has 26 heavy (non-hydrogen) atoms. The molecule has 3 rings (SSSR count). The number of amides is 1. The van der Waals surface area contributed by atoms with Crippen LogP contribution in [0.4, 0.5) is 5.82 Å². The highest BCUT2D eigenvalue weighted by Crippen LogP contribution is 2.27. The predicted molar refractivity (Wildman–Crippen MR) is 101 cm³/mol. The van der Waals surface area contributed by atoms with Crippen molar-refractivity contribution in [3.05, 3.63) is 40.9 Å². The summed E-state index contributed by atoms with van der Waals surface area (Å²) in [6, 6.07) is 4.48. The van der Waals surface area contributed by atoms with Gasteiger partial charge in [-0.3, -0.25) is 4.79 Å². The van der Waals surface area contributed by atoms with Crippen LogP contribution < -0.4 is 10.2 Å². The molecule has 1 N–H and O–H groups in total. The van der Waals surface area contributed by atoms with Gasteiger partial charge in [-0.05, 0) is 32.3 Å². The molecule has 0 radical (unpaired) electrons. The van der Waals surface area contributed by atoms with Gasteiger partial charge in [-0.25, -0.2) is 4.98 Å². The van der Waals surface area contributed by atoms with Crippen LogP contribution in [-0.4, -0.2) is 29.1 Å². The van der Waals surface area contributed by atoms with Crippen molar-refractivity contribution in [2.45, 2.75) is 65.0 Å². The van der Waals surface area contributed by atoms with Gasteiger partial charge in [0.1, 0.15) is 17.1 Å². The van der Waals surface area contributed by atoms with E-state index < -0.39 is 0 Å². The van der Waals surface area contributed by atoms with Crippen LogP contribution in [0.25, 0.3) is 0 Å². The summed E-state index contributed by atoms with van der Waals surface area (Å²) >= 11 is 0. The normalized spacial score (nSPS) is 15.0. The second-order valence-electron chi connectivity index (χ2n) is 6.99. The Kier molecular flexibility index (Phi) is 5.91. The third-order valence-electron chi connectivity index (χ3n) is 5.26. The van der Waals surface area contributed by atoms with Gasteiger partial charge in [-0.2, -0.15) is 0 Å². The Bertz CT molecular complexity index is 750. The average molecular weight is 356 g/mol. The van der Waals surface area contributed by atoms with E-state index in [1.165, 1.54) is 32.1 Å². The first-order valence-corrected chi connectivity index (χ1v) is 9.51. The van der Waals surface area contributed by atoms with E-state index in [1.54, 1.807) is 6.92 Å². The van der Waals surface area contributed by atoms with E-state index in [0.717, 1.165) is 11.4 Å². The molecule has 6 heteroatoms. The van der Waals surface area contributed by atoms with Crippen LogP contribution in [0.15, 0.2) is 22.9 Å². The van der Waals surface area contributed by atoms with Crippen LogP contribution in [0.1, 0.15) is 66.4 Å². The molecule has 0 unspecified atom stereocenters. The maximum Gasteiger partial charge on any atom is 0.257 e. The number of hydrogen-bond donors (Lipinski definition) is 1. The van der Waals surface area contributed by atoms with Gasteiger partial charge in [-0.15, -0.1) is 0 Å². The summed E-state index contributed by atoms with van der Waals surface area (Å²) in [6.07, 6.45) is 8.79. The Morgan fingerprint density at radius 3 is 2.85 bits per heavy atom. The minimum Gasteiger partial charge on any atom is -0.361 e. The van der Waals surface area contributed by atoms with Gasteiger partial charge in [0.2, 0.25) is 0 Å². The van der Waals surface area contributed by atoms with Crippen molar-refractivity contribution in [1.29, 1.82) is 0 Å². The van der Waals surface area contributed by atoms with E-state index in [4.69, 9.17) is 4.52 Å². The molecule has 0 bridgehead atoms. The highest BCUT2D eigenvalue weighted by atomic mass is 16.5. The Balaban J connectivity index is 1.72. The van der Waals surface area contributed by atoms with Crippen molar-refractivity contribution >= 4 is 11.7 Å². The van der Waals surface area contributed by atoms with Crippen molar-refractivity contribution < 1.29 is 9.32 Å². The molecule has 0 spiro atoms. The molecule has 2 heterocycles. The first-order valence-electron chi connectivity index (χ1n) is 9.51. The Morgan fingerprint density at radius 2 is 2.12 bits per heavy atom. The number of aryl methyl sites for hydroxylation is 2. The predicted octanol–water partition coefficient (Wildman–Crippen LogP) is 3.64. The van der Waals surface area contributed by atoms with Crippen molar-refractivity contribution in [2.75, 3.05) is 11.9 Å². The molecule has 1 saturated carbocycles. The van der Waals surface area contributed by atoms with Gasteiger partial charge in [0.15, 0.2) is 0 Å². The van der Waals surface area contributed by atoms with Gasteiger partial charge < -0.3 is 14.7 Å². The summed E-state index contributed by atoms with van der Waals surface area (Å²) in [5.74, 6) is 1.37. The largest absolute Gasteiger partial charge is 0.361 e. The third kappa shape index (κ3) is 3.89. The van der Waals surface area contributed by atoms with E-state index in [1.807, 2.05) is 25.3 Å². The summed E-state index contributed by atoms with van der Waals surface area (Å²) in [6.45, 7) is 4.17. The molecule has 140 valence electrons. The van der Waals surface area contributed by atoms with Gasteiger partial charge in [0.25, 0.3) is 5.91 Å². The number of aromatic nitrogens is 2. The molecular formula is C20H28N4O2. The second-order valence-corrected chi connectivity index (χ2v) is 6.99. The number of hydrogen-bond acceptors (Lipinski definition) is 5. The quantitative estimate of drug-likeness (QED) is 0.855. The van der Waals surface area contributed by atoms with Crippen LogP contribution in [0.5, 0.6) is 0 Å². The highest BCUT2D eigenvalue weighted by molar-refractivity contribution is 5.96. The van der Waals surface area contributed by atoms with E-state index in [0.29, 0.717) is 36.0 Å². The fourth-order valence-corrected chi connectivity index (χ4v) is 3.74. The van der Waals surface area contributed by atoms with Crippen molar-refractivity contribution in [2.24, 2.45) is 0 Å². The number of carbonyl (C=O) groups excluding carboxylic acids is 1. The fourth-order valence-electron chi connectivity index (χ4n) is 3.74. The van der Waals surface area contributed by atoms with E-state index in [9.17, 15) is 4.79 Å². The van der Waals surface area contributed by atoms with Gasteiger partial charge in [-0.1, -0.05) is 37.4 Å². The first kappa shape index (κ1) is 18.4. The highest BCUT2D eigenvalue weighted by Gasteiger charge is 2.22. The number of pyridine rings is 1. The van der Waals surface area contributed by atoms with E-state index in [-0.39, 0.29) is 5.91 Å². The lowest BCUT2D eigenvalue weighted by atomic mass is 9.94. The molecule has 1 aliphatic rings. The topological polar surface area (TPSA) is 71.3 Å². The van der Waals surface area contributed by atoms with E-state index >= 15 is 0 Å². The number of nitrogens with zero attached hydrogens (tertiary/aromatic N) is 3. The maximum absolute atomic E-state index is 12.6. The van der Waals surface area contributed by atoms with Crippen LogP contribution in [0.3, 0.4) is 0 Å². The minimum atomic E-state index is -0.143. The lowest BCUT2D eigenvalue weighted by Crippen LogP contribution is -2.35. The molecule has 0 aromatic carbocycles. The Labute approximate surface area is 155 Å². The smallest absolute Gasteiger partial charge is 0.257 e. The molecule has 0 aliphatic heterocycles. The van der Waals surface area contributed by atoms with Crippen molar-refractivity contribution in [1.82, 2.24) is 15.5 Å². The molecule has 1 fully saturated rings. The zero-order valence-electron chi connectivity index (χ0n) is 15.9. The number of nitrogens with one attached hydrogen (secondary N) is 1. The number of rotatable bonds is 6. The lowest BCUT2D eigenvalue weighted by molar-refractivity contribution is 0.0948. The van der Waals surface area contributed by atoms with Gasteiger partial charge in [0.05, 0.1) is 5.69 Å². The monoisotopic (exact) mass is 356 g/mol. The van der Waals surface area contributed by atoms with Crippen LogP contribution in [0, 0.1) is 6.92 Å². The standard InChI is InChI=1S/C20H28N4O2/c1-4-17-18(14(2)26-23-17)20(25)22-13-15-9-8-12-21-19(15)24(3)16-10-6-5-7-11-16/h8-9,12,16H,4-7,10-11,13H2,1-3H3,(H,22,25). The molecule has 0 saturated heterocycles. The second kappa shape index (κ2) is 8.34. The SMILES string of the molecule is CCc1noc(C)c1C(=O)NCc1cccnc1N(C)C1CCCCC1. The number of carbonyl (C=O) groups is 1. The summed E-state index contributed by atoms with van der Waals surface area (Å²) < 4.78 is 5.17. The van der Waals surface area contributed by atoms with Crippen molar-refractivity contribution in [3.8, 4) is 0 Å². The minimum absolute atomic E-state index is 0.143.